The van der Waals surface area contributed by atoms with Crippen LogP contribution in [0.15, 0.2) is 47.4 Å². The first kappa shape index (κ1) is 22.2. The van der Waals surface area contributed by atoms with Crippen LogP contribution in [0, 0.1) is 0 Å². The van der Waals surface area contributed by atoms with Gasteiger partial charge in [0.1, 0.15) is 0 Å². The van der Waals surface area contributed by atoms with E-state index in [0.29, 0.717) is 15.7 Å². The minimum absolute atomic E-state index is 0.00266. The van der Waals surface area contributed by atoms with Crippen molar-refractivity contribution in [1.82, 2.24) is 9.29 Å². The number of fused-ring (bicyclic) bond motifs is 1. The summed E-state index contributed by atoms with van der Waals surface area (Å²) < 4.78 is 34.1. The molecule has 4 rings (SSSR count). The number of thiazole rings is 1. The lowest BCUT2D eigenvalue weighted by Crippen LogP contribution is -2.48. The number of ketones is 1. The Labute approximate surface area is 190 Å². The number of carbonyl (C=O) groups is 1. The Kier molecular flexibility index (Phi) is 6.32. The minimum atomic E-state index is -3.71. The number of ether oxygens (including phenoxy) is 1. The summed E-state index contributed by atoms with van der Waals surface area (Å²) in [6.45, 7) is 4.27. The van der Waals surface area contributed by atoms with Crippen molar-refractivity contribution in [3.8, 4) is 0 Å². The lowest BCUT2D eigenvalue weighted by atomic mass is 10.1. The number of morpholine rings is 1. The molecule has 1 fully saturated rings. The molecule has 2 heterocycles. The Morgan fingerprint density at radius 2 is 1.97 bits per heavy atom. The number of rotatable bonds is 6. The molecule has 7 nitrogen and oxygen atoms in total. The van der Waals surface area contributed by atoms with E-state index in [1.807, 2.05) is 26.0 Å². The number of nitrogens with zero attached hydrogens (tertiary/aromatic N) is 2. The SMILES string of the molecule is CC1CN(S(=O)(=O)c2cccc(C(=O)CNc3nc4ccc(Cl)cc4s3)c2)CC(C)O1. The molecule has 164 valence electrons. The number of anilines is 1. The first-order chi connectivity index (χ1) is 14.7. The van der Waals surface area contributed by atoms with Gasteiger partial charge in [0.2, 0.25) is 10.0 Å². The molecule has 1 saturated heterocycles. The summed E-state index contributed by atoms with van der Waals surface area (Å²) in [6, 6.07) is 11.6. The standard InChI is InChI=1S/C21H22ClN3O4S2/c1-13-11-25(12-14(2)29-13)31(27,28)17-5-3-4-15(8-17)19(26)10-23-21-24-18-7-6-16(22)9-20(18)30-21/h3-9,13-14H,10-12H2,1-2H3,(H,23,24). The summed E-state index contributed by atoms with van der Waals surface area (Å²) in [5.74, 6) is -0.224. The highest BCUT2D eigenvalue weighted by Gasteiger charge is 2.32. The monoisotopic (exact) mass is 479 g/mol. The highest BCUT2D eigenvalue weighted by atomic mass is 35.5. The topological polar surface area (TPSA) is 88.6 Å². The number of sulfonamides is 1. The van der Waals surface area contributed by atoms with Crippen molar-refractivity contribution in [2.75, 3.05) is 25.0 Å². The Bertz CT molecular complexity index is 1220. The number of nitrogens with one attached hydrogen (secondary N) is 1. The van der Waals surface area contributed by atoms with Crippen LogP contribution in [0.4, 0.5) is 5.13 Å². The van der Waals surface area contributed by atoms with Crippen molar-refractivity contribution >= 4 is 54.1 Å². The summed E-state index contributed by atoms with van der Waals surface area (Å²) in [5.41, 5.74) is 1.12. The van der Waals surface area contributed by atoms with Crippen LogP contribution < -0.4 is 5.32 Å². The molecule has 1 aromatic heterocycles. The van der Waals surface area contributed by atoms with Crippen LogP contribution in [-0.4, -0.2) is 55.3 Å². The Morgan fingerprint density at radius 3 is 2.71 bits per heavy atom. The molecule has 31 heavy (non-hydrogen) atoms. The second kappa shape index (κ2) is 8.84. The predicted octanol–water partition coefficient (Wildman–Crippen LogP) is 4.04. The van der Waals surface area contributed by atoms with Gasteiger partial charge in [-0.15, -0.1) is 0 Å². The molecule has 0 aliphatic carbocycles. The molecular formula is C21H22ClN3O4S2. The molecule has 2 unspecified atom stereocenters. The van der Waals surface area contributed by atoms with Gasteiger partial charge in [-0.3, -0.25) is 4.79 Å². The van der Waals surface area contributed by atoms with Crippen LogP contribution >= 0.6 is 22.9 Å². The van der Waals surface area contributed by atoms with E-state index in [2.05, 4.69) is 10.3 Å². The first-order valence-electron chi connectivity index (χ1n) is 9.81. The summed E-state index contributed by atoms with van der Waals surface area (Å²) in [6.07, 6.45) is -0.368. The summed E-state index contributed by atoms with van der Waals surface area (Å²) in [7, 11) is -3.71. The fourth-order valence-corrected chi connectivity index (χ4v) is 6.31. The fourth-order valence-electron chi connectivity index (χ4n) is 3.54. The lowest BCUT2D eigenvalue weighted by molar-refractivity contribution is -0.0440. The summed E-state index contributed by atoms with van der Waals surface area (Å²) in [4.78, 5) is 17.3. The predicted molar refractivity (Wildman–Crippen MR) is 123 cm³/mol. The van der Waals surface area contributed by atoms with Gasteiger partial charge < -0.3 is 10.1 Å². The quantitative estimate of drug-likeness (QED) is 0.537. The van der Waals surface area contributed by atoms with Gasteiger partial charge in [-0.1, -0.05) is 35.1 Å². The van der Waals surface area contributed by atoms with Gasteiger partial charge in [0, 0.05) is 23.7 Å². The van der Waals surface area contributed by atoms with Gasteiger partial charge in [0.05, 0.1) is 33.9 Å². The lowest BCUT2D eigenvalue weighted by Gasteiger charge is -2.34. The third kappa shape index (κ3) is 4.91. The van der Waals surface area contributed by atoms with Gasteiger partial charge in [0.15, 0.2) is 10.9 Å². The molecule has 0 saturated carbocycles. The molecule has 2 aromatic carbocycles. The van der Waals surface area contributed by atoms with E-state index in [4.69, 9.17) is 16.3 Å². The molecule has 1 N–H and O–H groups in total. The average molecular weight is 480 g/mol. The molecule has 0 amide bonds. The van der Waals surface area contributed by atoms with Crippen molar-refractivity contribution in [2.45, 2.75) is 31.0 Å². The maximum absolute atomic E-state index is 13.1. The van der Waals surface area contributed by atoms with Crippen molar-refractivity contribution in [3.63, 3.8) is 0 Å². The largest absolute Gasteiger partial charge is 0.373 e. The third-order valence-corrected chi connectivity index (χ3v) is 7.97. The van der Waals surface area contributed by atoms with E-state index in [9.17, 15) is 13.2 Å². The first-order valence-corrected chi connectivity index (χ1v) is 12.4. The number of carbonyl (C=O) groups excluding carboxylic acids is 1. The zero-order chi connectivity index (χ0) is 22.2. The number of halogens is 1. The molecule has 1 aliphatic heterocycles. The Morgan fingerprint density at radius 1 is 1.23 bits per heavy atom. The zero-order valence-electron chi connectivity index (χ0n) is 17.0. The summed E-state index contributed by atoms with van der Waals surface area (Å²) >= 11 is 7.41. The van der Waals surface area contributed by atoms with Gasteiger partial charge in [-0.05, 0) is 44.2 Å². The van der Waals surface area contributed by atoms with Gasteiger partial charge >= 0.3 is 0 Å². The number of benzene rings is 2. The second-order valence-corrected chi connectivity index (χ2v) is 10.9. The van der Waals surface area contributed by atoms with Crippen molar-refractivity contribution < 1.29 is 17.9 Å². The van der Waals surface area contributed by atoms with E-state index in [1.165, 1.54) is 27.8 Å². The fraction of sp³-hybridized carbons (Fsp3) is 0.333. The maximum atomic E-state index is 13.1. The van der Waals surface area contributed by atoms with Crippen LogP contribution in [-0.2, 0) is 14.8 Å². The normalized spacial score (nSPS) is 20.1. The molecule has 3 aromatic rings. The maximum Gasteiger partial charge on any atom is 0.243 e. The van der Waals surface area contributed by atoms with Gasteiger partial charge in [0.25, 0.3) is 0 Å². The summed E-state index contributed by atoms with van der Waals surface area (Å²) in [5, 5.41) is 4.25. The molecule has 0 radical (unpaired) electrons. The van der Waals surface area contributed by atoms with Crippen LogP contribution in [0.3, 0.4) is 0 Å². The van der Waals surface area contributed by atoms with Crippen LogP contribution in [0.2, 0.25) is 5.02 Å². The number of hydrogen-bond donors (Lipinski definition) is 1. The van der Waals surface area contributed by atoms with Gasteiger partial charge in [-0.25, -0.2) is 13.4 Å². The molecule has 1 aliphatic rings. The van der Waals surface area contributed by atoms with Crippen molar-refractivity contribution in [1.29, 1.82) is 0 Å². The second-order valence-electron chi connectivity index (χ2n) is 7.51. The zero-order valence-corrected chi connectivity index (χ0v) is 19.4. The van der Waals surface area contributed by atoms with E-state index >= 15 is 0 Å². The molecule has 10 heteroatoms. The third-order valence-electron chi connectivity index (χ3n) is 4.93. The van der Waals surface area contributed by atoms with E-state index in [1.54, 1.807) is 18.2 Å². The van der Waals surface area contributed by atoms with E-state index in [-0.39, 0.29) is 42.5 Å². The van der Waals surface area contributed by atoms with E-state index < -0.39 is 10.0 Å². The molecule has 0 spiro atoms. The van der Waals surface area contributed by atoms with Crippen LogP contribution in [0.25, 0.3) is 10.2 Å². The smallest absolute Gasteiger partial charge is 0.243 e. The Balaban J connectivity index is 1.48. The minimum Gasteiger partial charge on any atom is -0.373 e. The average Bonchev–Trinajstić information content (AvgIpc) is 3.13. The molecule has 0 bridgehead atoms. The van der Waals surface area contributed by atoms with Crippen molar-refractivity contribution in [3.05, 3.63) is 53.1 Å². The highest BCUT2D eigenvalue weighted by molar-refractivity contribution is 7.89. The molecule has 2 atom stereocenters. The van der Waals surface area contributed by atoms with Crippen LogP contribution in [0.1, 0.15) is 24.2 Å². The van der Waals surface area contributed by atoms with Crippen LogP contribution in [0.5, 0.6) is 0 Å². The van der Waals surface area contributed by atoms with Gasteiger partial charge in [-0.2, -0.15) is 4.31 Å². The number of aromatic nitrogens is 1. The van der Waals surface area contributed by atoms with E-state index in [0.717, 1.165) is 10.2 Å². The molecular weight excluding hydrogens is 458 g/mol. The van der Waals surface area contributed by atoms with Crippen molar-refractivity contribution in [2.24, 2.45) is 0 Å². The number of hydrogen-bond acceptors (Lipinski definition) is 7. The highest BCUT2D eigenvalue weighted by Crippen LogP contribution is 2.28. The number of Topliss-reactive ketones (excluding diaryl/α,β-unsaturated/α-hetero) is 1. The Hall–Kier alpha value is -2.04.